The summed E-state index contributed by atoms with van der Waals surface area (Å²) in [6.07, 6.45) is -2.59. The van der Waals surface area contributed by atoms with Gasteiger partial charge in [-0.25, -0.2) is 0 Å². The molecule has 0 atom stereocenters. The number of hydrogen-bond acceptors (Lipinski definition) is 5. The van der Waals surface area contributed by atoms with Gasteiger partial charge in [-0.15, -0.1) is 10.2 Å². The molecule has 0 spiro atoms. The van der Waals surface area contributed by atoms with E-state index in [1.54, 1.807) is 7.11 Å². The van der Waals surface area contributed by atoms with E-state index in [2.05, 4.69) is 17.1 Å². The van der Waals surface area contributed by atoms with Crippen molar-refractivity contribution in [2.75, 3.05) is 19.4 Å². The number of thioether (sulfide) groups is 1. The molecule has 0 radical (unpaired) electrons. The molecule has 10 heteroatoms. The Kier molecular flexibility index (Phi) is 7.52. The average molecular weight is 402 g/mol. The van der Waals surface area contributed by atoms with Crippen molar-refractivity contribution in [1.82, 2.24) is 20.1 Å². The van der Waals surface area contributed by atoms with Gasteiger partial charge >= 0.3 is 6.18 Å². The van der Waals surface area contributed by atoms with Crippen LogP contribution in [0.2, 0.25) is 0 Å². The normalized spacial score (nSPS) is 11.4. The monoisotopic (exact) mass is 402 g/mol. The van der Waals surface area contributed by atoms with E-state index in [1.165, 1.54) is 0 Å². The molecule has 27 heavy (non-hydrogen) atoms. The zero-order valence-corrected chi connectivity index (χ0v) is 15.9. The maximum absolute atomic E-state index is 12.2. The molecule has 0 aliphatic heterocycles. The lowest BCUT2D eigenvalue weighted by Gasteiger charge is -2.11. The van der Waals surface area contributed by atoms with Gasteiger partial charge in [-0.2, -0.15) is 13.2 Å². The number of hydrogen-bond donors (Lipinski definition) is 1. The lowest BCUT2D eigenvalue weighted by atomic mass is 10.2. The quantitative estimate of drug-likeness (QED) is 0.650. The highest BCUT2D eigenvalue weighted by Gasteiger charge is 2.27. The molecule has 0 saturated heterocycles. The summed E-state index contributed by atoms with van der Waals surface area (Å²) in [6.45, 7) is 1.36. The van der Waals surface area contributed by atoms with Crippen molar-refractivity contribution in [3.8, 4) is 17.1 Å². The highest BCUT2D eigenvalue weighted by atomic mass is 32.2. The van der Waals surface area contributed by atoms with Crippen LogP contribution in [-0.2, 0) is 11.3 Å². The first-order valence-electron chi connectivity index (χ1n) is 8.38. The second kappa shape index (κ2) is 9.63. The van der Waals surface area contributed by atoms with E-state index in [1.807, 2.05) is 34.1 Å². The molecule has 0 fully saturated rings. The molecule has 1 heterocycles. The Morgan fingerprint density at radius 2 is 1.96 bits per heavy atom. The van der Waals surface area contributed by atoms with Gasteiger partial charge in [-0.05, 0) is 30.7 Å². The van der Waals surface area contributed by atoms with Crippen LogP contribution < -0.4 is 10.1 Å². The summed E-state index contributed by atoms with van der Waals surface area (Å²) in [4.78, 5) is 11.6. The van der Waals surface area contributed by atoms with Crippen molar-refractivity contribution >= 4 is 17.7 Å². The van der Waals surface area contributed by atoms with Crippen molar-refractivity contribution in [3.63, 3.8) is 0 Å². The number of methoxy groups -OCH3 is 1. The molecule has 0 unspecified atom stereocenters. The Morgan fingerprint density at radius 1 is 1.26 bits per heavy atom. The number of halogens is 3. The van der Waals surface area contributed by atoms with Gasteiger partial charge < -0.3 is 14.6 Å². The minimum absolute atomic E-state index is 0.164. The second-order valence-electron chi connectivity index (χ2n) is 5.72. The van der Waals surface area contributed by atoms with Crippen LogP contribution in [0.4, 0.5) is 13.2 Å². The molecule has 0 bridgehead atoms. The SMILES string of the molecule is CCCCn1c(SCC(=O)NCC(F)(F)F)nnc1-c1ccc(OC)cc1. The largest absolute Gasteiger partial charge is 0.497 e. The van der Waals surface area contributed by atoms with Crippen LogP contribution in [0.15, 0.2) is 29.4 Å². The Bertz CT molecular complexity index is 748. The van der Waals surface area contributed by atoms with Gasteiger partial charge in [0.15, 0.2) is 11.0 Å². The zero-order chi connectivity index (χ0) is 19.9. The van der Waals surface area contributed by atoms with Crippen LogP contribution in [0.5, 0.6) is 5.75 Å². The van der Waals surface area contributed by atoms with Crippen LogP contribution in [0.3, 0.4) is 0 Å². The van der Waals surface area contributed by atoms with Crippen molar-refractivity contribution < 1.29 is 22.7 Å². The van der Waals surface area contributed by atoms with Crippen LogP contribution in [0.25, 0.3) is 11.4 Å². The van der Waals surface area contributed by atoms with Gasteiger partial charge in [-0.3, -0.25) is 4.79 Å². The fourth-order valence-electron chi connectivity index (χ4n) is 2.25. The van der Waals surface area contributed by atoms with E-state index in [9.17, 15) is 18.0 Å². The summed E-state index contributed by atoms with van der Waals surface area (Å²) >= 11 is 1.06. The maximum Gasteiger partial charge on any atom is 0.405 e. The predicted octanol–water partition coefficient (Wildman–Crippen LogP) is 3.52. The van der Waals surface area contributed by atoms with Crippen molar-refractivity contribution in [2.45, 2.75) is 37.6 Å². The number of aromatic nitrogens is 3. The number of carbonyl (C=O) groups is 1. The van der Waals surface area contributed by atoms with Gasteiger partial charge in [0, 0.05) is 12.1 Å². The number of carbonyl (C=O) groups excluding carboxylic acids is 1. The number of nitrogens with zero attached hydrogens (tertiary/aromatic N) is 3. The third kappa shape index (κ3) is 6.46. The number of nitrogens with one attached hydrogen (secondary N) is 1. The molecule has 0 aliphatic rings. The lowest BCUT2D eigenvalue weighted by molar-refractivity contribution is -0.136. The number of alkyl halides is 3. The Labute approximate surface area is 159 Å². The van der Waals surface area contributed by atoms with Gasteiger partial charge in [0.1, 0.15) is 12.3 Å². The van der Waals surface area contributed by atoms with Crippen LogP contribution in [0.1, 0.15) is 19.8 Å². The molecule has 1 amide bonds. The van der Waals surface area contributed by atoms with Gasteiger partial charge in [0.05, 0.1) is 12.9 Å². The molecule has 148 valence electrons. The molecule has 1 N–H and O–H groups in total. The van der Waals surface area contributed by atoms with Crippen molar-refractivity contribution in [1.29, 1.82) is 0 Å². The van der Waals surface area contributed by atoms with Crippen molar-refractivity contribution in [2.24, 2.45) is 0 Å². The number of unbranched alkanes of at least 4 members (excludes halogenated alkanes) is 1. The van der Waals surface area contributed by atoms with Crippen LogP contribution in [0, 0.1) is 0 Å². The Morgan fingerprint density at radius 3 is 2.56 bits per heavy atom. The van der Waals surface area contributed by atoms with Gasteiger partial charge in [0.2, 0.25) is 5.91 Å². The van der Waals surface area contributed by atoms with E-state index < -0.39 is 18.6 Å². The molecule has 1 aromatic heterocycles. The zero-order valence-electron chi connectivity index (χ0n) is 15.0. The second-order valence-corrected chi connectivity index (χ2v) is 6.66. The first kappa shape index (κ1) is 21.1. The number of benzene rings is 1. The smallest absolute Gasteiger partial charge is 0.405 e. The molecule has 2 aromatic rings. The number of amides is 1. The number of rotatable bonds is 9. The molecular weight excluding hydrogens is 381 g/mol. The van der Waals surface area contributed by atoms with E-state index >= 15 is 0 Å². The summed E-state index contributed by atoms with van der Waals surface area (Å²) < 4.78 is 43.5. The molecular formula is C17H21F3N4O2S. The lowest BCUT2D eigenvalue weighted by Crippen LogP contribution is -2.34. The van der Waals surface area contributed by atoms with E-state index in [0.29, 0.717) is 23.3 Å². The summed E-state index contributed by atoms with van der Waals surface area (Å²) in [5.41, 5.74) is 0.841. The van der Waals surface area contributed by atoms with Gasteiger partial charge in [-0.1, -0.05) is 25.1 Å². The third-order valence-corrected chi connectivity index (χ3v) is 4.59. The topological polar surface area (TPSA) is 69.0 Å². The van der Waals surface area contributed by atoms with Crippen LogP contribution in [-0.4, -0.2) is 46.3 Å². The first-order valence-corrected chi connectivity index (χ1v) is 9.36. The standard InChI is InChI=1S/C17H21F3N4O2S/c1-3-4-9-24-15(12-5-7-13(26-2)8-6-12)22-23-16(24)27-10-14(25)21-11-17(18,19)20/h5-8H,3-4,9-11H2,1-2H3,(H,21,25). The molecule has 1 aromatic carbocycles. The fourth-order valence-corrected chi connectivity index (χ4v) is 3.04. The average Bonchev–Trinajstić information content (AvgIpc) is 3.05. The predicted molar refractivity (Wildman–Crippen MR) is 96.7 cm³/mol. The van der Waals surface area contributed by atoms with Gasteiger partial charge in [0.25, 0.3) is 0 Å². The molecule has 6 nitrogen and oxygen atoms in total. The first-order chi connectivity index (χ1) is 12.8. The van der Waals surface area contributed by atoms with Crippen molar-refractivity contribution in [3.05, 3.63) is 24.3 Å². The molecule has 2 rings (SSSR count). The Balaban J connectivity index is 2.11. The summed E-state index contributed by atoms with van der Waals surface area (Å²) in [5, 5.41) is 10.7. The minimum atomic E-state index is -4.43. The third-order valence-electron chi connectivity index (χ3n) is 3.62. The van der Waals surface area contributed by atoms with E-state index in [4.69, 9.17) is 4.74 Å². The van der Waals surface area contributed by atoms with E-state index in [-0.39, 0.29) is 5.75 Å². The highest BCUT2D eigenvalue weighted by Crippen LogP contribution is 2.26. The van der Waals surface area contributed by atoms with E-state index in [0.717, 1.165) is 30.2 Å². The summed E-state index contributed by atoms with van der Waals surface area (Å²) in [5.74, 6) is 0.495. The Hall–Kier alpha value is -2.23. The molecule has 0 saturated carbocycles. The summed E-state index contributed by atoms with van der Waals surface area (Å²) in [6, 6.07) is 7.34. The molecule has 0 aliphatic carbocycles. The number of ether oxygens (including phenoxy) is 1. The van der Waals surface area contributed by atoms with Crippen LogP contribution >= 0.6 is 11.8 Å². The fraction of sp³-hybridized carbons (Fsp3) is 0.471. The minimum Gasteiger partial charge on any atom is -0.497 e. The maximum atomic E-state index is 12.2. The summed E-state index contributed by atoms with van der Waals surface area (Å²) in [7, 11) is 1.58. The highest BCUT2D eigenvalue weighted by molar-refractivity contribution is 7.99.